The van der Waals surface area contributed by atoms with E-state index in [1.54, 1.807) is 12.1 Å². The van der Waals surface area contributed by atoms with Gasteiger partial charge in [0, 0.05) is 13.1 Å². The molecule has 0 unspecified atom stereocenters. The number of ether oxygens (including phenoxy) is 2. The van der Waals surface area contributed by atoms with E-state index in [4.69, 9.17) is 21.7 Å². The van der Waals surface area contributed by atoms with Gasteiger partial charge in [0.25, 0.3) is 0 Å². The van der Waals surface area contributed by atoms with Crippen LogP contribution in [0.4, 0.5) is 11.4 Å². The second kappa shape index (κ2) is 9.53. The van der Waals surface area contributed by atoms with Crippen LogP contribution in [0.25, 0.3) is 0 Å². The van der Waals surface area contributed by atoms with E-state index in [-0.39, 0.29) is 10.0 Å². The van der Waals surface area contributed by atoms with Crippen molar-refractivity contribution in [1.82, 2.24) is 4.31 Å². The third-order valence-corrected chi connectivity index (χ3v) is 6.55. The molecule has 0 bridgehead atoms. The number of nitrogens with one attached hydrogen (secondary N) is 2. The molecule has 1 fully saturated rings. The maximum absolute atomic E-state index is 13.2. The number of anilines is 2. The van der Waals surface area contributed by atoms with Gasteiger partial charge in [0.15, 0.2) is 5.11 Å². The van der Waals surface area contributed by atoms with Crippen molar-refractivity contribution in [2.45, 2.75) is 18.7 Å². The van der Waals surface area contributed by atoms with E-state index in [9.17, 15) is 8.42 Å². The van der Waals surface area contributed by atoms with Gasteiger partial charge in [-0.2, -0.15) is 4.31 Å². The Hall–Kier alpha value is -2.20. The molecule has 1 heterocycles. The molecule has 0 atom stereocenters. The number of para-hydroxylation sites is 2. The molecule has 2 aromatic rings. The van der Waals surface area contributed by atoms with Gasteiger partial charge in [0.05, 0.1) is 31.2 Å². The summed E-state index contributed by atoms with van der Waals surface area (Å²) in [5.41, 5.74) is 1.98. The molecule has 0 spiro atoms. The van der Waals surface area contributed by atoms with Gasteiger partial charge < -0.3 is 20.1 Å². The van der Waals surface area contributed by atoms with E-state index < -0.39 is 10.0 Å². The number of morpholine rings is 1. The molecule has 0 saturated carbocycles. The number of nitrogens with zero attached hydrogens (tertiary/aromatic N) is 1. The van der Waals surface area contributed by atoms with E-state index in [0.29, 0.717) is 50.0 Å². The molecule has 2 N–H and O–H groups in total. The number of benzene rings is 2. The van der Waals surface area contributed by atoms with Crippen LogP contribution in [0.5, 0.6) is 5.75 Å². The van der Waals surface area contributed by atoms with Crippen molar-refractivity contribution in [3.05, 3.63) is 48.0 Å². The minimum absolute atomic E-state index is 0.196. The molecule has 9 heteroatoms. The highest BCUT2D eigenvalue weighted by atomic mass is 32.2. The Morgan fingerprint density at radius 1 is 1.14 bits per heavy atom. The van der Waals surface area contributed by atoms with Gasteiger partial charge in [-0.25, -0.2) is 8.42 Å². The van der Waals surface area contributed by atoms with Crippen LogP contribution in [-0.2, 0) is 14.8 Å². The molecule has 0 aliphatic carbocycles. The molecule has 0 amide bonds. The second-order valence-electron chi connectivity index (χ2n) is 6.52. The third-order valence-electron chi connectivity index (χ3n) is 4.41. The summed E-state index contributed by atoms with van der Waals surface area (Å²) in [4.78, 5) is 0.196. The average Bonchev–Trinajstić information content (AvgIpc) is 2.71. The molecule has 156 valence electrons. The van der Waals surface area contributed by atoms with Gasteiger partial charge >= 0.3 is 0 Å². The van der Waals surface area contributed by atoms with Crippen molar-refractivity contribution < 1.29 is 17.9 Å². The lowest BCUT2D eigenvalue weighted by atomic mass is 10.2. The molecule has 29 heavy (non-hydrogen) atoms. The molecular formula is C20H25N3O4S2. The number of thiocarbonyl (C=S) groups is 1. The Morgan fingerprint density at radius 2 is 1.83 bits per heavy atom. The zero-order chi connectivity index (χ0) is 20.9. The number of hydrogen-bond donors (Lipinski definition) is 2. The van der Waals surface area contributed by atoms with Crippen LogP contribution in [0.1, 0.15) is 12.5 Å². The van der Waals surface area contributed by atoms with Crippen molar-refractivity contribution in [2.24, 2.45) is 0 Å². The predicted molar refractivity (Wildman–Crippen MR) is 118 cm³/mol. The zero-order valence-corrected chi connectivity index (χ0v) is 18.1. The maximum Gasteiger partial charge on any atom is 0.245 e. The second-order valence-corrected chi connectivity index (χ2v) is 8.84. The lowest BCUT2D eigenvalue weighted by molar-refractivity contribution is 0.0730. The monoisotopic (exact) mass is 435 g/mol. The fourth-order valence-corrected chi connectivity index (χ4v) is 4.86. The van der Waals surface area contributed by atoms with Gasteiger partial charge in [0.2, 0.25) is 10.0 Å². The summed E-state index contributed by atoms with van der Waals surface area (Å²) in [7, 11) is -3.67. The van der Waals surface area contributed by atoms with E-state index in [2.05, 4.69) is 10.6 Å². The summed E-state index contributed by atoms with van der Waals surface area (Å²) in [5.74, 6) is 0.671. The van der Waals surface area contributed by atoms with Gasteiger partial charge in [-0.05, 0) is 55.9 Å². The van der Waals surface area contributed by atoms with Crippen LogP contribution in [-0.4, -0.2) is 50.7 Å². The first kappa shape index (κ1) is 21.5. The van der Waals surface area contributed by atoms with E-state index in [0.717, 1.165) is 5.56 Å². The fraction of sp³-hybridized carbons (Fsp3) is 0.350. The molecule has 0 radical (unpaired) electrons. The SMILES string of the molecule is CCOc1ccccc1NC(=S)Nc1ccc(C)cc1S(=O)(=O)N1CCOCC1. The Kier molecular flexibility index (Phi) is 7.07. The molecular weight excluding hydrogens is 410 g/mol. The molecule has 1 aliphatic rings. The van der Waals surface area contributed by atoms with E-state index in [1.807, 2.05) is 44.2 Å². The summed E-state index contributed by atoms with van der Waals surface area (Å²) in [5, 5.41) is 6.39. The number of aryl methyl sites for hydroxylation is 1. The number of hydrogen-bond acceptors (Lipinski definition) is 5. The van der Waals surface area contributed by atoms with Gasteiger partial charge in [-0.15, -0.1) is 0 Å². The largest absolute Gasteiger partial charge is 0.492 e. The summed E-state index contributed by atoms with van der Waals surface area (Å²) in [6.45, 7) is 5.74. The summed E-state index contributed by atoms with van der Waals surface area (Å²) >= 11 is 5.43. The molecule has 0 aromatic heterocycles. The van der Waals surface area contributed by atoms with Gasteiger partial charge in [-0.3, -0.25) is 0 Å². The van der Waals surface area contributed by atoms with Crippen LogP contribution in [0.15, 0.2) is 47.4 Å². The molecule has 2 aromatic carbocycles. The van der Waals surface area contributed by atoms with Crippen LogP contribution >= 0.6 is 12.2 Å². The minimum Gasteiger partial charge on any atom is -0.492 e. The van der Waals surface area contributed by atoms with Crippen LogP contribution in [0.3, 0.4) is 0 Å². The Morgan fingerprint density at radius 3 is 2.55 bits per heavy atom. The van der Waals surface area contributed by atoms with Crippen LogP contribution in [0, 0.1) is 6.92 Å². The molecule has 7 nitrogen and oxygen atoms in total. The lowest BCUT2D eigenvalue weighted by Gasteiger charge is -2.27. The Labute approximate surface area is 177 Å². The Bertz CT molecular complexity index is 973. The topological polar surface area (TPSA) is 79.9 Å². The highest BCUT2D eigenvalue weighted by Crippen LogP contribution is 2.28. The fourth-order valence-electron chi connectivity index (χ4n) is 3.00. The van der Waals surface area contributed by atoms with Crippen molar-refractivity contribution in [3.63, 3.8) is 0 Å². The quantitative estimate of drug-likeness (QED) is 0.675. The van der Waals surface area contributed by atoms with E-state index >= 15 is 0 Å². The molecule has 1 saturated heterocycles. The zero-order valence-electron chi connectivity index (χ0n) is 16.5. The van der Waals surface area contributed by atoms with Gasteiger partial charge in [0.1, 0.15) is 10.6 Å². The number of rotatable bonds is 6. The first-order valence-electron chi connectivity index (χ1n) is 9.40. The van der Waals surface area contributed by atoms with Crippen molar-refractivity contribution in [1.29, 1.82) is 0 Å². The van der Waals surface area contributed by atoms with E-state index in [1.165, 1.54) is 4.31 Å². The average molecular weight is 436 g/mol. The third kappa shape index (κ3) is 5.24. The first-order valence-corrected chi connectivity index (χ1v) is 11.2. The standard InChI is InChI=1S/C20H25N3O4S2/c1-3-27-18-7-5-4-6-16(18)21-20(28)22-17-9-8-15(2)14-19(17)29(24,25)23-10-12-26-13-11-23/h4-9,14H,3,10-13H2,1-2H3,(H2,21,22,28). The smallest absolute Gasteiger partial charge is 0.245 e. The molecule has 1 aliphatic heterocycles. The van der Waals surface area contributed by atoms with Crippen LogP contribution < -0.4 is 15.4 Å². The summed E-state index contributed by atoms with van der Waals surface area (Å²) < 4.78 is 38.7. The van der Waals surface area contributed by atoms with Crippen molar-refractivity contribution >= 4 is 38.7 Å². The van der Waals surface area contributed by atoms with Crippen molar-refractivity contribution in [3.8, 4) is 5.75 Å². The van der Waals surface area contributed by atoms with Crippen molar-refractivity contribution in [2.75, 3.05) is 43.5 Å². The highest BCUT2D eigenvalue weighted by Gasteiger charge is 2.29. The Balaban J connectivity index is 1.84. The summed E-state index contributed by atoms with van der Waals surface area (Å²) in [6.07, 6.45) is 0. The first-order chi connectivity index (χ1) is 13.9. The molecule has 3 rings (SSSR count). The number of sulfonamides is 1. The normalized spacial score (nSPS) is 15.0. The lowest BCUT2D eigenvalue weighted by Crippen LogP contribution is -2.41. The predicted octanol–water partition coefficient (Wildman–Crippen LogP) is 3.22. The summed E-state index contributed by atoms with van der Waals surface area (Å²) in [6, 6.07) is 12.7. The highest BCUT2D eigenvalue weighted by molar-refractivity contribution is 7.89. The van der Waals surface area contributed by atoms with Crippen LogP contribution in [0.2, 0.25) is 0 Å². The minimum atomic E-state index is -3.67. The van der Waals surface area contributed by atoms with Gasteiger partial charge in [-0.1, -0.05) is 18.2 Å². The maximum atomic E-state index is 13.2.